The van der Waals surface area contributed by atoms with Gasteiger partial charge in [-0.15, -0.1) is 0 Å². The molecule has 1 aliphatic carbocycles. The fourth-order valence-corrected chi connectivity index (χ4v) is 3.13. The zero-order valence-electron chi connectivity index (χ0n) is 13.6. The number of nitrogens with two attached hydrogens (primary N) is 1. The SMILES string of the molecule is CCN(CC)CCCC(C)NC(=O)CC1(N)CCCC1. The van der Waals surface area contributed by atoms with Crippen LogP contribution < -0.4 is 11.1 Å². The monoisotopic (exact) mass is 283 g/mol. The van der Waals surface area contributed by atoms with E-state index in [0.717, 1.165) is 45.3 Å². The highest BCUT2D eigenvalue weighted by molar-refractivity contribution is 5.77. The molecular weight excluding hydrogens is 250 g/mol. The van der Waals surface area contributed by atoms with Crippen molar-refractivity contribution in [1.29, 1.82) is 0 Å². The quantitative estimate of drug-likeness (QED) is 0.682. The molecule has 0 aliphatic heterocycles. The average Bonchev–Trinajstić information content (AvgIpc) is 2.80. The molecule has 0 aromatic heterocycles. The van der Waals surface area contributed by atoms with Crippen LogP contribution in [0.5, 0.6) is 0 Å². The van der Waals surface area contributed by atoms with E-state index in [2.05, 4.69) is 31.0 Å². The summed E-state index contributed by atoms with van der Waals surface area (Å²) in [5.41, 5.74) is 6.01. The molecule has 0 aromatic rings. The van der Waals surface area contributed by atoms with Gasteiger partial charge < -0.3 is 16.0 Å². The Hall–Kier alpha value is -0.610. The molecule has 0 bridgehead atoms. The summed E-state index contributed by atoms with van der Waals surface area (Å²) in [5, 5.41) is 3.10. The van der Waals surface area contributed by atoms with Crippen LogP contribution in [0, 0.1) is 0 Å². The van der Waals surface area contributed by atoms with Crippen LogP contribution in [0.1, 0.15) is 65.7 Å². The first-order valence-electron chi connectivity index (χ1n) is 8.29. The van der Waals surface area contributed by atoms with Crippen LogP contribution in [0.3, 0.4) is 0 Å². The number of hydrogen-bond acceptors (Lipinski definition) is 3. The third-order valence-corrected chi connectivity index (χ3v) is 4.53. The summed E-state index contributed by atoms with van der Waals surface area (Å²) in [6.45, 7) is 9.81. The van der Waals surface area contributed by atoms with Gasteiger partial charge in [0.1, 0.15) is 0 Å². The molecule has 3 N–H and O–H groups in total. The third-order valence-electron chi connectivity index (χ3n) is 4.53. The van der Waals surface area contributed by atoms with Gasteiger partial charge in [0.15, 0.2) is 0 Å². The summed E-state index contributed by atoms with van der Waals surface area (Å²) in [6.07, 6.45) is 7.00. The fraction of sp³-hybridized carbons (Fsp3) is 0.938. The van der Waals surface area contributed by atoms with Crippen molar-refractivity contribution in [3.63, 3.8) is 0 Å². The van der Waals surface area contributed by atoms with Crippen molar-refractivity contribution in [2.45, 2.75) is 77.3 Å². The van der Waals surface area contributed by atoms with E-state index < -0.39 is 0 Å². The molecule has 0 saturated heterocycles. The lowest BCUT2D eigenvalue weighted by Crippen LogP contribution is -2.44. The van der Waals surface area contributed by atoms with Gasteiger partial charge in [0.25, 0.3) is 0 Å². The van der Waals surface area contributed by atoms with Crippen LogP contribution in [0.25, 0.3) is 0 Å². The van der Waals surface area contributed by atoms with Crippen molar-refractivity contribution in [2.75, 3.05) is 19.6 Å². The first kappa shape index (κ1) is 17.4. The zero-order chi connectivity index (χ0) is 15.0. The second kappa shape index (κ2) is 8.63. The maximum absolute atomic E-state index is 12.0. The Morgan fingerprint density at radius 2 is 1.90 bits per heavy atom. The first-order chi connectivity index (χ1) is 9.49. The molecule has 1 fully saturated rings. The number of hydrogen-bond donors (Lipinski definition) is 2. The molecule has 4 heteroatoms. The van der Waals surface area contributed by atoms with Crippen LogP contribution in [0.4, 0.5) is 0 Å². The van der Waals surface area contributed by atoms with Crippen LogP contribution in [-0.2, 0) is 4.79 Å². The van der Waals surface area contributed by atoms with Gasteiger partial charge in [-0.3, -0.25) is 4.79 Å². The van der Waals surface area contributed by atoms with Gasteiger partial charge in [-0.2, -0.15) is 0 Å². The summed E-state index contributed by atoms with van der Waals surface area (Å²) >= 11 is 0. The predicted octanol–water partition coefficient (Wildman–Crippen LogP) is 2.27. The Morgan fingerprint density at radius 1 is 1.30 bits per heavy atom. The van der Waals surface area contributed by atoms with Gasteiger partial charge >= 0.3 is 0 Å². The highest BCUT2D eigenvalue weighted by Crippen LogP contribution is 2.29. The Morgan fingerprint density at radius 3 is 2.45 bits per heavy atom. The minimum Gasteiger partial charge on any atom is -0.354 e. The summed E-state index contributed by atoms with van der Waals surface area (Å²) in [7, 11) is 0. The molecule has 0 heterocycles. The Bertz CT molecular complexity index is 283. The number of amides is 1. The highest BCUT2D eigenvalue weighted by Gasteiger charge is 2.31. The Balaban J connectivity index is 2.17. The Kier molecular flexibility index (Phi) is 7.52. The number of carbonyl (C=O) groups excluding carboxylic acids is 1. The lowest BCUT2D eigenvalue weighted by Gasteiger charge is -2.24. The van der Waals surface area contributed by atoms with E-state index in [0.29, 0.717) is 6.42 Å². The molecule has 1 rings (SSSR count). The normalized spacial score (nSPS) is 19.2. The van der Waals surface area contributed by atoms with E-state index in [4.69, 9.17) is 5.73 Å². The molecule has 0 radical (unpaired) electrons. The number of rotatable bonds is 9. The van der Waals surface area contributed by atoms with Crippen molar-refractivity contribution in [3.05, 3.63) is 0 Å². The fourth-order valence-electron chi connectivity index (χ4n) is 3.13. The molecule has 1 atom stereocenters. The van der Waals surface area contributed by atoms with E-state index in [1.807, 2.05) is 0 Å². The van der Waals surface area contributed by atoms with Gasteiger partial charge in [0.2, 0.25) is 5.91 Å². The van der Waals surface area contributed by atoms with E-state index in [1.54, 1.807) is 0 Å². The van der Waals surface area contributed by atoms with Crippen molar-refractivity contribution >= 4 is 5.91 Å². The average molecular weight is 283 g/mol. The molecule has 1 amide bonds. The molecule has 1 aliphatic rings. The van der Waals surface area contributed by atoms with Gasteiger partial charge in [-0.05, 0) is 52.2 Å². The van der Waals surface area contributed by atoms with Gasteiger partial charge in [-0.1, -0.05) is 26.7 Å². The second-order valence-electron chi connectivity index (χ2n) is 6.38. The van der Waals surface area contributed by atoms with Crippen molar-refractivity contribution in [1.82, 2.24) is 10.2 Å². The van der Waals surface area contributed by atoms with Crippen molar-refractivity contribution in [2.24, 2.45) is 5.73 Å². The molecular formula is C16H33N3O. The lowest BCUT2D eigenvalue weighted by atomic mass is 9.94. The van der Waals surface area contributed by atoms with E-state index in [1.165, 1.54) is 12.8 Å². The largest absolute Gasteiger partial charge is 0.354 e. The topological polar surface area (TPSA) is 58.4 Å². The molecule has 1 saturated carbocycles. The summed E-state index contributed by atoms with van der Waals surface area (Å²) < 4.78 is 0. The Labute approximate surface area is 124 Å². The maximum atomic E-state index is 12.0. The van der Waals surface area contributed by atoms with Crippen LogP contribution >= 0.6 is 0 Å². The standard InChI is InChI=1S/C16H33N3O/c1-4-19(5-2)12-8-9-14(3)18-15(20)13-16(17)10-6-7-11-16/h14H,4-13,17H2,1-3H3,(H,18,20). The number of nitrogens with one attached hydrogen (secondary N) is 1. The molecule has 0 spiro atoms. The third kappa shape index (κ3) is 6.23. The van der Waals surface area contributed by atoms with Crippen LogP contribution in [0.15, 0.2) is 0 Å². The number of carbonyl (C=O) groups is 1. The molecule has 1 unspecified atom stereocenters. The minimum absolute atomic E-state index is 0.129. The maximum Gasteiger partial charge on any atom is 0.222 e. The van der Waals surface area contributed by atoms with Crippen LogP contribution in [0.2, 0.25) is 0 Å². The van der Waals surface area contributed by atoms with E-state index in [-0.39, 0.29) is 17.5 Å². The number of nitrogens with zero attached hydrogens (tertiary/aromatic N) is 1. The minimum atomic E-state index is -0.231. The summed E-state index contributed by atoms with van der Waals surface area (Å²) in [6, 6.07) is 0.253. The van der Waals surface area contributed by atoms with E-state index in [9.17, 15) is 4.79 Å². The van der Waals surface area contributed by atoms with Crippen LogP contribution in [-0.4, -0.2) is 42.0 Å². The van der Waals surface area contributed by atoms with E-state index >= 15 is 0 Å². The first-order valence-corrected chi connectivity index (χ1v) is 8.29. The zero-order valence-corrected chi connectivity index (χ0v) is 13.6. The molecule has 20 heavy (non-hydrogen) atoms. The van der Waals surface area contributed by atoms with Crippen molar-refractivity contribution in [3.8, 4) is 0 Å². The summed E-state index contributed by atoms with van der Waals surface area (Å²) in [5.74, 6) is 0.129. The molecule has 4 nitrogen and oxygen atoms in total. The highest BCUT2D eigenvalue weighted by atomic mass is 16.1. The predicted molar refractivity (Wildman–Crippen MR) is 84.6 cm³/mol. The van der Waals surface area contributed by atoms with Crippen molar-refractivity contribution < 1.29 is 4.79 Å². The van der Waals surface area contributed by atoms with Gasteiger partial charge in [0, 0.05) is 18.0 Å². The van der Waals surface area contributed by atoms with Gasteiger partial charge in [-0.25, -0.2) is 0 Å². The lowest BCUT2D eigenvalue weighted by molar-refractivity contribution is -0.122. The van der Waals surface area contributed by atoms with Gasteiger partial charge in [0.05, 0.1) is 0 Å². The summed E-state index contributed by atoms with van der Waals surface area (Å²) in [4.78, 5) is 14.4. The smallest absolute Gasteiger partial charge is 0.222 e. The molecule has 118 valence electrons. The second-order valence-corrected chi connectivity index (χ2v) is 6.38. The molecule has 0 aromatic carbocycles.